The van der Waals surface area contributed by atoms with E-state index < -0.39 is 0 Å². The van der Waals surface area contributed by atoms with Crippen LogP contribution in [-0.4, -0.2) is 4.57 Å². The molecule has 0 N–H and O–H groups in total. The predicted molar refractivity (Wildman–Crippen MR) is 178 cm³/mol. The van der Waals surface area contributed by atoms with E-state index >= 15 is 0 Å². The molecule has 2 heterocycles. The third-order valence-corrected chi connectivity index (χ3v) is 9.20. The highest BCUT2D eigenvalue weighted by molar-refractivity contribution is 6.36. The summed E-state index contributed by atoms with van der Waals surface area (Å²) in [5.74, 6) is 0. The summed E-state index contributed by atoms with van der Waals surface area (Å²) < 4.78 is 2.45. The Bertz CT molecular complexity index is 2500. The Morgan fingerprint density at radius 2 is 1.10 bits per heavy atom. The third-order valence-electron chi connectivity index (χ3n) is 9.20. The fourth-order valence-electron chi connectivity index (χ4n) is 7.55. The summed E-state index contributed by atoms with van der Waals surface area (Å²) in [5.41, 5.74) is 9.91. The smallest absolute Gasteiger partial charge is 0.0620 e. The van der Waals surface area contributed by atoms with E-state index in [4.69, 9.17) is 0 Å². The summed E-state index contributed by atoms with van der Waals surface area (Å²) in [4.78, 5) is 2.44. The highest BCUT2D eigenvalue weighted by atomic mass is 15.2. The lowest BCUT2D eigenvalue weighted by Gasteiger charge is -2.34. The summed E-state index contributed by atoms with van der Waals surface area (Å²) in [5, 5.41) is 10.5. The van der Waals surface area contributed by atoms with Gasteiger partial charge in [0.25, 0.3) is 0 Å². The average Bonchev–Trinajstić information content (AvgIpc) is 3.39. The highest BCUT2D eigenvalue weighted by Crippen LogP contribution is 2.54. The van der Waals surface area contributed by atoms with Gasteiger partial charge >= 0.3 is 0 Å². The third kappa shape index (κ3) is 2.74. The first-order chi connectivity index (χ1) is 20.9. The van der Waals surface area contributed by atoms with Crippen LogP contribution in [0.5, 0.6) is 0 Å². The Kier molecular flexibility index (Phi) is 4.21. The van der Waals surface area contributed by atoms with Gasteiger partial charge in [-0.05, 0) is 76.3 Å². The van der Waals surface area contributed by atoms with Crippen molar-refractivity contribution in [3.05, 3.63) is 146 Å². The molecule has 42 heavy (non-hydrogen) atoms. The number of nitrogens with zero attached hydrogens (tertiary/aromatic N) is 2. The van der Waals surface area contributed by atoms with Crippen molar-refractivity contribution in [2.45, 2.75) is 0 Å². The standard InChI is InChI=1S/C40H24N2/c1-3-11-27(12-4-1)41-34-17-9-7-15-29(34)32-23-26-24-33-30-16-8-10-18-35(30)42(28-13-5-2-6-14-28)40(33)31-21-19-25-20-22-36(41)39(32)38(25)37(26)31/h1-24H. The molecule has 0 radical (unpaired) electrons. The van der Waals surface area contributed by atoms with Crippen LogP contribution in [0.25, 0.3) is 70.9 Å². The van der Waals surface area contributed by atoms with Crippen molar-refractivity contribution in [3.63, 3.8) is 0 Å². The maximum Gasteiger partial charge on any atom is 0.0620 e. The summed E-state index contributed by atoms with van der Waals surface area (Å²) >= 11 is 0. The molecule has 0 saturated carbocycles. The Labute approximate surface area is 242 Å². The summed E-state index contributed by atoms with van der Waals surface area (Å²) in [6.45, 7) is 0. The molecule has 0 saturated heterocycles. The largest absolute Gasteiger partial charge is 0.309 e. The highest BCUT2D eigenvalue weighted by Gasteiger charge is 2.28. The second-order valence-electron chi connectivity index (χ2n) is 11.3. The lowest BCUT2D eigenvalue weighted by molar-refractivity contribution is 1.19. The maximum absolute atomic E-state index is 2.45. The number of hydrogen-bond donors (Lipinski definition) is 0. The molecule has 1 aliphatic heterocycles. The van der Waals surface area contributed by atoms with Crippen LogP contribution in [0.15, 0.2) is 146 Å². The van der Waals surface area contributed by atoms with Gasteiger partial charge in [-0.15, -0.1) is 0 Å². The second-order valence-corrected chi connectivity index (χ2v) is 11.3. The number of anilines is 3. The molecule has 8 aromatic carbocycles. The SMILES string of the molecule is c1ccc(N2c3ccccc3-c3cc4cc5c6ccccc6n(-c6ccccc6)c5c5ccc6ccc2c3c6c45)cc1. The van der Waals surface area contributed by atoms with E-state index in [1.54, 1.807) is 0 Å². The topological polar surface area (TPSA) is 8.17 Å². The predicted octanol–water partition coefficient (Wildman–Crippen LogP) is 11.1. The zero-order valence-corrected chi connectivity index (χ0v) is 22.8. The van der Waals surface area contributed by atoms with Gasteiger partial charge in [0.1, 0.15) is 0 Å². The lowest BCUT2D eigenvalue weighted by atomic mass is 9.84. The van der Waals surface area contributed by atoms with Gasteiger partial charge in [-0.2, -0.15) is 0 Å². The van der Waals surface area contributed by atoms with Crippen LogP contribution in [0.2, 0.25) is 0 Å². The molecule has 0 unspecified atom stereocenters. The van der Waals surface area contributed by atoms with Crippen LogP contribution < -0.4 is 4.90 Å². The average molecular weight is 533 g/mol. The minimum absolute atomic E-state index is 1.18. The molecule has 0 spiro atoms. The van der Waals surface area contributed by atoms with Crippen molar-refractivity contribution in [2.75, 3.05) is 4.90 Å². The first-order valence-electron chi connectivity index (χ1n) is 14.5. The van der Waals surface area contributed by atoms with Crippen LogP contribution >= 0.6 is 0 Å². The molecule has 9 aromatic rings. The number of rotatable bonds is 2. The molecular formula is C40H24N2. The molecule has 0 amide bonds. The number of benzene rings is 8. The van der Waals surface area contributed by atoms with Crippen molar-refractivity contribution in [1.29, 1.82) is 0 Å². The van der Waals surface area contributed by atoms with Gasteiger partial charge in [-0.3, -0.25) is 0 Å². The van der Waals surface area contributed by atoms with Gasteiger partial charge in [0.05, 0.1) is 22.4 Å². The Morgan fingerprint density at radius 3 is 1.95 bits per heavy atom. The number of fused-ring (bicyclic) bond motifs is 6. The summed E-state index contributed by atoms with van der Waals surface area (Å²) in [6, 6.07) is 53.4. The van der Waals surface area contributed by atoms with Crippen LogP contribution in [0.4, 0.5) is 17.1 Å². The number of hydrogen-bond acceptors (Lipinski definition) is 1. The van der Waals surface area contributed by atoms with E-state index in [1.807, 2.05) is 0 Å². The zero-order valence-electron chi connectivity index (χ0n) is 22.8. The fraction of sp³-hybridized carbons (Fsp3) is 0. The molecule has 2 heteroatoms. The molecule has 0 fully saturated rings. The first kappa shape index (κ1) is 22.1. The van der Waals surface area contributed by atoms with E-state index in [1.165, 1.54) is 88.0 Å². The van der Waals surface area contributed by atoms with E-state index in [0.717, 1.165) is 0 Å². The Balaban J connectivity index is 1.44. The quantitative estimate of drug-likeness (QED) is 0.201. The van der Waals surface area contributed by atoms with Crippen molar-refractivity contribution >= 4 is 71.2 Å². The molecule has 194 valence electrons. The molecule has 0 bridgehead atoms. The lowest BCUT2D eigenvalue weighted by Crippen LogP contribution is -2.15. The summed E-state index contributed by atoms with van der Waals surface area (Å²) in [6.07, 6.45) is 0. The van der Waals surface area contributed by atoms with Crippen LogP contribution in [0, 0.1) is 0 Å². The van der Waals surface area contributed by atoms with Crippen LogP contribution in [0.3, 0.4) is 0 Å². The Hall–Kier alpha value is -5.60. The van der Waals surface area contributed by atoms with E-state index in [0.29, 0.717) is 0 Å². The number of para-hydroxylation sites is 4. The molecule has 0 aliphatic carbocycles. The molecule has 10 rings (SSSR count). The first-order valence-corrected chi connectivity index (χ1v) is 14.5. The maximum atomic E-state index is 2.45. The Morgan fingerprint density at radius 1 is 0.381 bits per heavy atom. The number of aromatic nitrogens is 1. The minimum Gasteiger partial charge on any atom is -0.309 e. The van der Waals surface area contributed by atoms with E-state index in [9.17, 15) is 0 Å². The van der Waals surface area contributed by atoms with E-state index in [-0.39, 0.29) is 0 Å². The molecule has 2 nitrogen and oxygen atoms in total. The van der Waals surface area contributed by atoms with Gasteiger partial charge < -0.3 is 9.47 Å². The minimum atomic E-state index is 1.18. The second kappa shape index (κ2) is 7.99. The molecule has 1 aliphatic rings. The molecular weight excluding hydrogens is 508 g/mol. The molecule has 0 atom stereocenters. The van der Waals surface area contributed by atoms with E-state index in [2.05, 4.69) is 155 Å². The van der Waals surface area contributed by atoms with Gasteiger partial charge in [0.15, 0.2) is 0 Å². The monoisotopic (exact) mass is 532 g/mol. The van der Waals surface area contributed by atoms with Crippen molar-refractivity contribution in [1.82, 2.24) is 4.57 Å². The fourth-order valence-corrected chi connectivity index (χ4v) is 7.55. The summed E-state index contributed by atoms with van der Waals surface area (Å²) in [7, 11) is 0. The van der Waals surface area contributed by atoms with Crippen molar-refractivity contribution in [2.24, 2.45) is 0 Å². The van der Waals surface area contributed by atoms with Crippen molar-refractivity contribution in [3.8, 4) is 16.8 Å². The van der Waals surface area contributed by atoms with Crippen LogP contribution in [0.1, 0.15) is 0 Å². The normalized spacial score (nSPS) is 12.7. The van der Waals surface area contributed by atoms with Crippen molar-refractivity contribution < 1.29 is 0 Å². The zero-order chi connectivity index (χ0) is 27.4. The van der Waals surface area contributed by atoms with Gasteiger partial charge in [-0.1, -0.05) is 91.0 Å². The van der Waals surface area contributed by atoms with Gasteiger partial charge in [-0.25, -0.2) is 0 Å². The van der Waals surface area contributed by atoms with Crippen LogP contribution in [-0.2, 0) is 0 Å². The van der Waals surface area contributed by atoms with Gasteiger partial charge in [0, 0.05) is 43.9 Å². The van der Waals surface area contributed by atoms with Gasteiger partial charge in [0.2, 0.25) is 0 Å². The molecule has 1 aromatic heterocycles.